The lowest BCUT2D eigenvalue weighted by atomic mass is 9.78. The van der Waals surface area contributed by atoms with E-state index in [0.29, 0.717) is 5.75 Å². The van der Waals surface area contributed by atoms with Crippen molar-refractivity contribution in [2.24, 2.45) is 0 Å². The van der Waals surface area contributed by atoms with Gasteiger partial charge in [-0.3, -0.25) is 0 Å². The quantitative estimate of drug-likeness (QED) is 0.205. The van der Waals surface area contributed by atoms with Crippen molar-refractivity contribution in [2.75, 3.05) is 0 Å². The Hall–Kier alpha value is -6.18. The van der Waals surface area contributed by atoms with Gasteiger partial charge < -0.3 is 5.11 Å². The Balaban J connectivity index is 1.31. The van der Waals surface area contributed by atoms with Crippen LogP contribution in [0.4, 0.5) is 0 Å². The van der Waals surface area contributed by atoms with Crippen LogP contribution in [0.15, 0.2) is 152 Å². The number of phenolic OH excluding ortho intramolecular Hbond substituents is 1. The molecule has 11 rings (SSSR count). The standard InChI is InChI=1S/C49H32O/c50-47-24-23-38(37-17-7-8-18-39(37)47)46-28-44-34-16-6-3-13-31(34)27-45(44)48(40-21-9-19-35-32-14-4-1-11-29(32)25-42(35)40)49(46)41-22-10-20-36-33-15-5-2-12-30(33)26-43(36)41/h1-24,28,50H,25-27H2. The lowest BCUT2D eigenvalue weighted by Crippen LogP contribution is -2.01. The van der Waals surface area contributed by atoms with Crippen molar-refractivity contribution in [3.05, 3.63) is 185 Å². The molecule has 0 radical (unpaired) electrons. The van der Waals surface area contributed by atoms with Crippen LogP contribution < -0.4 is 0 Å². The highest BCUT2D eigenvalue weighted by Crippen LogP contribution is 2.55. The van der Waals surface area contributed by atoms with E-state index in [1.54, 1.807) is 0 Å². The molecule has 0 heterocycles. The van der Waals surface area contributed by atoms with Crippen LogP contribution >= 0.6 is 0 Å². The van der Waals surface area contributed by atoms with E-state index >= 15 is 0 Å². The van der Waals surface area contributed by atoms with E-state index in [1.807, 2.05) is 18.2 Å². The maximum absolute atomic E-state index is 11.1. The summed E-state index contributed by atoms with van der Waals surface area (Å²) >= 11 is 0. The second-order valence-electron chi connectivity index (χ2n) is 14.0. The summed E-state index contributed by atoms with van der Waals surface area (Å²) in [5.74, 6) is 0.312. The summed E-state index contributed by atoms with van der Waals surface area (Å²) < 4.78 is 0. The average molecular weight is 637 g/mol. The zero-order chi connectivity index (χ0) is 32.9. The molecule has 0 atom stereocenters. The van der Waals surface area contributed by atoms with Crippen LogP contribution in [0, 0.1) is 0 Å². The lowest BCUT2D eigenvalue weighted by Gasteiger charge is -2.25. The van der Waals surface area contributed by atoms with E-state index in [9.17, 15) is 5.11 Å². The van der Waals surface area contributed by atoms with Crippen molar-refractivity contribution in [3.63, 3.8) is 0 Å². The highest BCUT2D eigenvalue weighted by molar-refractivity contribution is 6.10. The molecule has 0 fully saturated rings. The number of benzene rings is 8. The third kappa shape index (κ3) is 3.83. The van der Waals surface area contributed by atoms with Gasteiger partial charge in [0.05, 0.1) is 0 Å². The van der Waals surface area contributed by atoms with Gasteiger partial charge in [0.15, 0.2) is 0 Å². The van der Waals surface area contributed by atoms with E-state index in [4.69, 9.17) is 0 Å². The highest BCUT2D eigenvalue weighted by Gasteiger charge is 2.33. The van der Waals surface area contributed by atoms with Gasteiger partial charge in [-0.1, -0.05) is 140 Å². The van der Waals surface area contributed by atoms with Crippen molar-refractivity contribution in [3.8, 4) is 72.5 Å². The SMILES string of the molecule is Oc1ccc(-c2cc3c(c(-c4cccc5c4Cc4ccccc4-5)c2-c2cccc4c2Cc2ccccc2-4)Cc2ccccc2-3)c2ccccc12. The molecule has 0 spiro atoms. The topological polar surface area (TPSA) is 20.2 Å². The van der Waals surface area contributed by atoms with Gasteiger partial charge in [-0.25, -0.2) is 0 Å². The first-order valence-electron chi connectivity index (χ1n) is 17.6. The molecule has 0 aromatic heterocycles. The van der Waals surface area contributed by atoms with Gasteiger partial charge >= 0.3 is 0 Å². The first kappa shape index (κ1) is 27.7. The van der Waals surface area contributed by atoms with Crippen molar-refractivity contribution in [1.82, 2.24) is 0 Å². The largest absolute Gasteiger partial charge is 0.507 e. The third-order valence-electron chi connectivity index (χ3n) is 11.5. The number of phenols is 1. The van der Waals surface area contributed by atoms with Gasteiger partial charge in [0.25, 0.3) is 0 Å². The predicted octanol–water partition coefficient (Wildman–Crippen LogP) is 12.3. The van der Waals surface area contributed by atoms with Gasteiger partial charge in [-0.05, 0) is 137 Å². The molecule has 234 valence electrons. The Morgan fingerprint density at radius 3 is 1.38 bits per heavy atom. The number of hydrogen-bond acceptors (Lipinski definition) is 1. The molecule has 1 N–H and O–H groups in total. The number of rotatable bonds is 3. The molecular weight excluding hydrogens is 605 g/mol. The molecule has 8 aromatic rings. The molecule has 1 heteroatoms. The number of hydrogen-bond donors (Lipinski definition) is 1. The van der Waals surface area contributed by atoms with Crippen LogP contribution in [0.2, 0.25) is 0 Å². The summed E-state index contributed by atoms with van der Waals surface area (Å²) in [6, 6.07) is 55.4. The fourth-order valence-electron chi connectivity index (χ4n) is 9.37. The summed E-state index contributed by atoms with van der Waals surface area (Å²) in [6.45, 7) is 0. The summed E-state index contributed by atoms with van der Waals surface area (Å²) in [6.07, 6.45) is 2.73. The van der Waals surface area contributed by atoms with E-state index < -0.39 is 0 Å². The molecule has 0 aliphatic heterocycles. The fourth-order valence-corrected chi connectivity index (χ4v) is 9.37. The lowest BCUT2D eigenvalue weighted by molar-refractivity contribution is 0.481. The minimum absolute atomic E-state index is 0.312. The Bertz CT molecular complexity index is 2750. The van der Waals surface area contributed by atoms with Gasteiger partial charge in [-0.2, -0.15) is 0 Å². The second-order valence-corrected chi connectivity index (χ2v) is 14.0. The van der Waals surface area contributed by atoms with E-state index in [1.165, 1.54) is 94.6 Å². The molecule has 0 unspecified atom stereocenters. The molecular formula is C49H32O. The second kappa shape index (κ2) is 10.4. The predicted molar refractivity (Wildman–Crippen MR) is 207 cm³/mol. The highest BCUT2D eigenvalue weighted by atomic mass is 16.3. The van der Waals surface area contributed by atoms with Crippen LogP contribution in [0.3, 0.4) is 0 Å². The zero-order valence-electron chi connectivity index (χ0n) is 27.5. The third-order valence-corrected chi connectivity index (χ3v) is 11.5. The van der Waals surface area contributed by atoms with Crippen molar-refractivity contribution >= 4 is 10.8 Å². The molecule has 50 heavy (non-hydrogen) atoms. The summed E-state index contributed by atoms with van der Waals surface area (Å²) in [7, 11) is 0. The van der Waals surface area contributed by atoms with Crippen molar-refractivity contribution in [1.29, 1.82) is 0 Å². The number of fused-ring (bicyclic) bond motifs is 10. The molecule has 0 bridgehead atoms. The van der Waals surface area contributed by atoms with Crippen LogP contribution in [0.1, 0.15) is 33.4 Å². The Morgan fingerprint density at radius 2 is 0.760 bits per heavy atom. The van der Waals surface area contributed by atoms with Gasteiger partial charge in [0, 0.05) is 5.39 Å². The summed E-state index contributed by atoms with van der Waals surface area (Å²) in [5.41, 5.74) is 24.0. The first-order valence-corrected chi connectivity index (χ1v) is 17.6. The smallest absolute Gasteiger partial charge is 0.123 e. The molecule has 1 nitrogen and oxygen atoms in total. The molecule has 3 aliphatic carbocycles. The van der Waals surface area contributed by atoms with Gasteiger partial charge in [0.2, 0.25) is 0 Å². The Labute approximate surface area is 291 Å². The molecule has 0 amide bonds. The maximum Gasteiger partial charge on any atom is 0.123 e. The number of aromatic hydroxyl groups is 1. The van der Waals surface area contributed by atoms with Crippen molar-refractivity contribution in [2.45, 2.75) is 19.3 Å². The summed E-state index contributed by atoms with van der Waals surface area (Å²) in [4.78, 5) is 0. The average Bonchev–Trinajstić information content (AvgIpc) is 3.86. The molecule has 0 saturated heterocycles. The van der Waals surface area contributed by atoms with E-state index in [0.717, 1.165) is 35.6 Å². The zero-order valence-corrected chi connectivity index (χ0v) is 27.5. The van der Waals surface area contributed by atoms with Gasteiger partial charge in [0.1, 0.15) is 5.75 Å². The van der Waals surface area contributed by atoms with Crippen molar-refractivity contribution < 1.29 is 5.11 Å². The van der Waals surface area contributed by atoms with Crippen LogP contribution in [0.25, 0.3) is 77.5 Å². The monoisotopic (exact) mass is 636 g/mol. The molecule has 8 aromatic carbocycles. The van der Waals surface area contributed by atoms with E-state index in [2.05, 4.69) is 133 Å². The molecule has 3 aliphatic rings. The van der Waals surface area contributed by atoms with Crippen LogP contribution in [-0.2, 0) is 19.3 Å². The minimum atomic E-state index is 0.312. The fraction of sp³-hybridized carbons (Fsp3) is 0.0612. The van der Waals surface area contributed by atoms with Crippen LogP contribution in [-0.4, -0.2) is 5.11 Å². The van der Waals surface area contributed by atoms with Gasteiger partial charge in [-0.15, -0.1) is 0 Å². The summed E-state index contributed by atoms with van der Waals surface area (Å²) in [5, 5.41) is 13.0. The maximum atomic E-state index is 11.1. The van der Waals surface area contributed by atoms with Crippen LogP contribution in [0.5, 0.6) is 5.75 Å². The Morgan fingerprint density at radius 1 is 0.300 bits per heavy atom. The minimum Gasteiger partial charge on any atom is -0.507 e. The van der Waals surface area contributed by atoms with E-state index in [-0.39, 0.29) is 0 Å². The normalized spacial score (nSPS) is 13.0. The Kier molecular flexibility index (Phi) is 5.77. The first-order chi connectivity index (χ1) is 24.7. The molecule has 0 saturated carbocycles.